The fraction of sp³-hybridized carbons (Fsp3) is 0.176. The lowest BCUT2D eigenvalue weighted by Gasteiger charge is -2.11. The van der Waals surface area contributed by atoms with E-state index in [4.69, 9.17) is 4.74 Å². The van der Waals surface area contributed by atoms with Gasteiger partial charge in [-0.3, -0.25) is 10.1 Å². The summed E-state index contributed by atoms with van der Waals surface area (Å²) in [6.07, 6.45) is 3.42. The van der Waals surface area contributed by atoms with Crippen molar-refractivity contribution in [3.8, 4) is 0 Å². The molecule has 1 aromatic carbocycles. The Hall–Kier alpha value is -3.62. The smallest absolute Gasteiger partial charge is 0.361 e. The number of nitrogens with one attached hydrogen (secondary N) is 1. The molecule has 3 rings (SSSR count). The molecule has 0 aliphatic heterocycles. The zero-order valence-electron chi connectivity index (χ0n) is 13.9. The maximum absolute atomic E-state index is 12.1. The van der Waals surface area contributed by atoms with Gasteiger partial charge in [-0.15, -0.1) is 5.10 Å². The van der Waals surface area contributed by atoms with Gasteiger partial charge in [0.05, 0.1) is 12.7 Å². The number of carbonyl (C=O) groups excluding carboxylic acids is 2. The topological polar surface area (TPSA) is 112 Å². The highest BCUT2D eigenvalue weighted by molar-refractivity contribution is 5.95. The lowest BCUT2D eigenvalue weighted by molar-refractivity contribution is -0.123. The fourth-order valence-corrected chi connectivity index (χ4v) is 2.09. The summed E-state index contributed by atoms with van der Waals surface area (Å²) < 4.78 is 6.63. The number of benzene rings is 1. The summed E-state index contributed by atoms with van der Waals surface area (Å²) in [5, 5.41) is 10.1. The van der Waals surface area contributed by atoms with Crippen LogP contribution in [0.1, 0.15) is 23.0 Å². The number of ether oxygens (including phenoxy) is 1. The summed E-state index contributed by atoms with van der Waals surface area (Å²) in [6, 6.07) is 11.3. The van der Waals surface area contributed by atoms with Crippen molar-refractivity contribution in [1.82, 2.24) is 25.0 Å². The first-order valence-corrected chi connectivity index (χ1v) is 7.85. The fourth-order valence-electron chi connectivity index (χ4n) is 2.09. The molecule has 1 atom stereocenters. The van der Waals surface area contributed by atoms with Crippen LogP contribution in [0, 0.1) is 0 Å². The molecule has 9 nitrogen and oxygen atoms in total. The summed E-state index contributed by atoms with van der Waals surface area (Å²) in [4.78, 5) is 31.9. The minimum Gasteiger partial charge on any atom is -0.448 e. The van der Waals surface area contributed by atoms with Crippen molar-refractivity contribution < 1.29 is 14.3 Å². The number of esters is 1. The Morgan fingerprint density at radius 3 is 2.62 bits per heavy atom. The highest BCUT2D eigenvalue weighted by Gasteiger charge is 2.21. The standard InChI is InChI=1S/C17H16N6O3/c1-12(15(24)20-17-18-8-5-9-19-17)26-16(25)14-11-23(22-21-14)10-13-6-3-2-4-7-13/h2-9,11-12H,10H2,1H3,(H,18,19,20,24). The van der Waals surface area contributed by atoms with Crippen LogP contribution in [0.15, 0.2) is 55.0 Å². The van der Waals surface area contributed by atoms with Gasteiger partial charge in [0.15, 0.2) is 11.8 Å². The number of aromatic nitrogens is 5. The van der Waals surface area contributed by atoms with Crippen molar-refractivity contribution in [2.75, 3.05) is 5.32 Å². The van der Waals surface area contributed by atoms with Crippen LogP contribution in [0.25, 0.3) is 0 Å². The summed E-state index contributed by atoms with van der Waals surface area (Å²) in [7, 11) is 0. The van der Waals surface area contributed by atoms with Gasteiger partial charge in [0.1, 0.15) is 0 Å². The zero-order valence-corrected chi connectivity index (χ0v) is 13.9. The first kappa shape index (κ1) is 17.2. The Bertz CT molecular complexity index is 882. The third-order valence-corrected chi connectivity index (χ3v) is 3.39. The molecule has 0 radical (unpaired) electrons. The van der Waals surface area contributed by atoms with Gasteiger partial charge >= 0.3 is 5.97 Å². The monoisotopic (exact) mass is 352 g/mol. The average molecular weight is 352 g/mol. The van der Waals surface area contributed by atoms with Gasteiger partial charge in [-0.1, -0.05) is 35.5 Å². The molecule has 2 aromatic heterocycles. The molecule has 0 bridgehead atoms. The van der Waals surface area contributed by atoms with Crippen molar-refractivity contribution in [3.05, 3.63) is 66.2 Å². The second kappa shape index (κ2) is 7.97. The van der Waals surface area contributed by atoms with E-state index in [0.717, 1.165) is 5.56 Å². The molecule has 0 saturated carbocycles. The molecule has 0 aliphatic rings. The lowest BCUT2D eigenvalue weighted by atomic mass is 10.2. The van der Waals surface area contributed by atoms with Crippen LogP contribution in [0.3, 0.4) is 0 Å². The molecule has 2 heterocycles. The third kappa shape index (κ3) is 4.47. The van der Waals surface area contributed by atoms with E-state index in [2.05, 4.69) is 25.6 Å². The molecule has 0 fully saturated rings. The molecule has 0 saturated heterocycles. The van der Waals surface area contributed by atoms with Crippen LogP contribution >= 0.6 is 0 Å². The van der Waals surface area contributed by atoms with Gasteiger partial charge < -0.3 is 4.74 Å². The number of hydrogen-bond donors (Lipinski definition) is 1. The average Bonchev–Trinajstić information content (AvgIpc) is 3.12. The van der Waals surface area contributed by atoms with Gasteiger partial charge in [0.2, 0.25) is 5.95 Å². The number of nitrogens with zero attached hydrogens (tertiary/aromatic N) is 5. The predicted octanol–water partition coefficient (Wildman–Crippen LogP) is 1.30. The minimum absolute atomic E-state index is 0.0246. The van der Waals surface area contributed by atoms with Crippen LogP contribution < -0.4 is 5.32 Å². The second-order valence-corrected chi connectivity index (χ2v) is 5.40. The van der Waals surface area contributed by atoms with E-state index in [1.807, 2.05) is 30.3 Å². The molecule has 3 aromatic rings. The van der Waals surface area contributed by atoms with Gasteiger partial charge in [-0.25, -0.2) is 19.4 Å². The van der Waals surface area contributed by atoms with Crippen LogP contribution in [-0.4, -0.2) is 42.9 Å². The molecule has 1 amide bonds. The van der Waals surface area contributed by atoms with E-state index < -0.39 is 18.0 Å². The van der Waals surface area contributed by atoms with E-state index in [0.29, 0.717) is 6.54 Å². The van der Waals surface area contributed by atoms with Crippen molar-refractivity contribution in [2.24, 2.45) is 0 Å². The Balaban J connectivity index is 1.56. The highest BCUT2D eigenvalue weighted by atomic mass is 16.5. The molecule has 132 valence electrons. The van der Waals surface area contributed by atoms with Crippen molar-refractivity contribution in [3.63, 3.8) is 0 Å². The van der Waals surface area contributed by atoms with Crippen molar-refractivity contribution in [2.45, 2.75) is 19.6 Å². The molecule has 26 heavy (non-hydrogen) atoms. The van der Waals surface area contributed by atoms with Crippen LogP contribution in [-0.2, 0) is 16.1 Å². The Morgan fingerprint density at radius 2 is 1.88 bits per heavy atom. The number of rotatable bonds is 6. The molecule has 0 spiro atoms. The maximum atomic E-state index is 12.1. The molecule has 1 unspecified atom stereocenters. The van der Waals surface area contributed by atoms with Crippen LogP contribution in [0.5, 0.6) is 0 Å². The van der Waals surface area contributed by atoms with E-state index in [1.165, 1.54) is 30.2 Å². The number of hydrogen-bond acceptors (Lipinski definition) is 7. The molecule has 9 heteroatoms. The predicted molar refractivity (Wildman–Crippen MR) is 91.1 cm³/mol. The summed E-state index contributed by atoms with van der Waals surface area (Å²) in [5.41, 5.74) is 1.05. The van der Waals surface area contributed by atoms with Gasteiger partial charge in [-0.05, 0) is 18.6 Å². The Kier molecular flexibility index (Phi) is 5.28. The highest BCUT2D eigenvalue weighted by Crippen LogP contribution is 2.06. The van der Waals surface area contributed by atoms with Crippen LogP contribution in [0.2, 0.25) is 0 Å². The normalized spacial score (nSPS) is 11.6. The van der Waals surface area contributed by atoms with Gasteiger partial charge in [-0.2, -0.15) is 0 Å². The van der Waals surface area contributed by atoms with E-state index in [1.54, 1.807) is 6.07 Å². The number of anilines is 1. The number of carbonyl (C=O) groups is 2. The van der Waals surface area contributed by atoms with Crippen molar-refractivity contribution >= 4 is 17.8 Å². The maximum Gasteiger partial charge on any atom is 0.361 e. The minimum atomic E-state index is -1.04. The van der Waals surface area contributed by atoms with Gasteiger partial charge in [0.25, 0.3) is 5.91 Å². The van der Waals surface area contributed by atoms with Crippen molar-refractivity contribution in [1.29, 1.82) is 0 Å². The Morgan fingerprint density at radius 1 is 1.15 bits per heavy atom. The van der Waals surface area contributed by atoms with E-state index in [-0.39, 0.29) is 11.6 Å². The zero-order chi connectivity index (χ0) is 18.4. The van der Waals surface area contributed by atoms with Gasteiger partial charge in [0, 0.05) is 12.4 Å². The van der Waals surface area contributed by atoms with E-state index in [9.17, 15) is 9.59 Å². The summed E-state index contributed by atoms with van der Waals surface area (Å²) in [5.74, 6) is -1.14. The van der Waals surface area contributed by atoms with Crippen LogP contribution in [0.4, 0.5) is 5.95 Å². The SMILES string of the molecule is CC(OC(=O)c1cn(Cc2ccccc2)nn1)C(=O)Nc1ncccn1. The lowest BCUT2D eigenvalue weighted by Crippen LogP contribution is -2.30. The quantitative estimate of drug-likeness (QED) is 0.665. The first-order valence-electron chi connectivity index (χ1n) is 7.85. The second-order valence-electron chi connectivity index (χ2n) is 5.40. The molecule has 1 N–H and O–H groups in total. The number of amides is 1. The molecular weight excluding hydrogens is 336 g/mol. The third-order valence-electron chi connectivity index (χ3n) is 3.39. The largest absolute Gasteiger partial charge is 0.448 e. The molecular formula is C17H16N6O3. The molecule has 0 aliphatic carbocycles. The Labute approximate surface area is 149 Å². The van der Waals surface area contributed by atoms with E-state index >= 15 is 0 Å². The summed E-state index contributed by atoms with van der Waals surface area (Å²) in [6.45, 7) is 1.92. The summed E-state index contributed by atoms with van der Waals surface area (Å²) >= 11 is 0. The first-order chi connectivity index (χ1) is 12.6.